The van der Waals surface area contributed by atoms with Gasteiger partial charge < -0.3 is 5.32 Å². The smallest absolute Gasteiger partial charge is 0.240 e. The number of benzene rings is 3. The number of hydrogen-bond acceptors (Lipinski definition) is 5. The quantitative estimate of drug-likeness (QED) is 0.383. The van der Waals surface area contributed by atoms with Crippen molar-refractivity contribution in [1.82, 2.24) is 19.9 Å². The summed E-state index contributed by atoms with van der Waals surface area (Å²) in [6.07, 6.45) is -0.0218. The zero-order valence-electron chi connectivity index (χ0n) is 17.0. The zero-order chi connectivity index (χ0) is 22.4. The van der Waals surface area contributed by atoms with Crippen LogP contribution >= 0.6 is 0 Å². The van der Waals surface area contributed by atoms with Gasteiger partial charge >= 0.3 is 0 Å². The first-order valence-electron chi connectivity index (χ1n) is 9.95. The number of carbonyl (C=O) groups is 1. The number of hydrogen-bond donors (Lipinski definition) is 3. The molecule has 1 aromatic heterocycles. The van der Waals surface area contributed by atoms with Gasteiger partial charge in [0.1, 0.15) is 0 Å². The Bertz CT molecular complexity index is 1310. The Hall–Kier alpha value is -3.82. The Kier molecular flexibility index (Phi) is 6.39. The molecule has 0 fully saturated rings. The summed E-state index contributed by atoms with van der Waals surface area (Å²) in [6.45, 7) is -0.0221. The molecule has 8 nitrogen and oxygen atoms in total. The predicted molar refractivity (Wildman–Crippen MR) is 122 cm³/mol. The summed E-state index contributed by atoms with van der Waals surface area (Å²) in [5, 5.41) is 10.00. The summed E-state index contributed by atoms with van der Waals surface area (Å²) in [7, 11) is -3.66. The van der Waals surface area contributed by atoms with E-state index in [4.69, 9.17) is 0 Å². The Morgan fingerprint density at radius 1 is 0.875 bits per heavy atom. The van der Waals surface area contributed by atoms with Crippen molar-refractivity contribution in [2.24, 2.45) is 0 Å². The number of aromatic amines is 1. The first-order valence-corrected chi connectivity index (χ1v) is 11.4. The van der Waals surface area contributed by atoms with Crippen LogP contribution in [-0.4, -0.2) is 36.1 Å². The number of anilines is 1. The lowest BCUT2D eigenvalue weighted by atomic mass is 10.1. The lowest BCUT2D eigenvalue weighted by Crippen LogP contribution is -2.27. The predicted octanol–water partition coefficient (Wildman–Crippen LogP) is 3.45. The molecule has 0 spiro atoms. The van der Waals surface area contributed by atoms with Gasteiger partial charge in [-0.15, -0.1) is 0 Å². The van der Waals surface area contributed by atoms with Crippen molar-refractivity contribution in [3.05, 3.63) is 84.9 Å². The number of nitrogens with one attached hydrogen (secondary N) is 3. The molecule has 0 saturated heterocycles. The molecule has 4 rings (SSSR count). The van der Waals surface area contributed by atoms with Gasteiger partial charge in [-0.1, -0.05) is 60.7 Å². The van der Waals surface area contributed by atoms with Gasteiger partial charge in [-0.25, -0.2) is 18.1 Å². The van der Waals surface area contributed by atoms with Gasteiger partial charge in [-0.05, 0) is 24.3 Å². The van der Waals surface area contributed by atoms with E-state index in [1.54, 1.807) is 30.3 Å². The third kappa shape index (κ3) is 5.08. The molecular weight excluding hydrogens is 426 g/mol. The third-order valence-electron chi connectivity index (χ3n) is 4.67. The number of H-pyrrole nitrogens is 1. The van der Waals surface area contributed by atoms with Crippen molar-refractivity contribution in [3.63, 3.8) is 0 Å². The summed E-state index contributed by atoms with van der Waals surface area (Å²) in [5.41, 5.74) is 2.11. The van der Waals surface area contributed by atoms with Gasteiger partial charge in [0.15, 0.2) is 11.6 Å². The van der Waals surface area contributed by atoms with E-state index in [1.807, 2.05) is 42.5 Å². The number of rotatable bonds is 8. The van der Waals surface area contributed by atoms with Crippen molar-refractivity contribution in [2.45, 2.75) is 11.3 Å². The molecule has 32 heavy (non-hydrogen) atoms. The summed E-state index contributed by atoms with van der Waals surface area (Å²) >= 11 is 0. The summed E-state index contributed by atoms with van der Waals surface area (Å²) in [5.74, 6) is 0.748. The minimum absolute atomic E-state index is 0.0218. The van der Waals surface area contributed by atoms with Gasteiger partial charge in [0, 0.05) is 24.1 Å². The van der Waals surface area contributed by atoms with E-state index < -0.39 is 10.0 Å². The number of nitrogens with zero attached hydrogens (tertiary/aromatic N) is 2. The van der Waals surface area contributed by atoms with E-state index >= 15 is 0 Å². The Balaban J connectivity index is 1.41. The molecule has 0 unspecified atom stereocenters. The van der Waals surface area contributed by atoms with Crippen molar-refractivity contribution in [3.8, 4) is 22.8 Å². The van der Waals surface area contributed by atoms with Crippen molar-refractivity contribution < 1.29 is 13.2 Å². The van der Waals surface area contributed by atoms with Gasteiger partial charge in [-0.2, -0.15) is 5.10 Å². The van der Waals surface area contributed by atoms with Crippen LogP contribution in [0.1, 0.15) is 6.42 Å². The van der Waals surface area contributed by atoms with Crippen LogP contribution in [0.25, 0.3) is 22.8 Å². The van der Waals surface area contributed by atoms with E-state index in [-0.39, 0.29) is 23.8 Å². The second kappa shape index (κ2) is 9.54. The highest BCUT2D eigenvalue weighted by molar-refractivity contribution is 7.89. The molecule has 0 saturated carbocycles. The first kappa shape index (κ1) is 21.4. The molecule has 0 radical (unpaired) electrons. The van der Waals surface area contributed by atoms with Crippen LogP contribution in [0.3, 0.4) is 0 Å². The number of sulfonamides is 1. The number of amides is 1. The number of aromatic nitrogens is 3. The van der Waals surface area contributed by atoms with E-state index in [2.05, 4.69) is 25.2 Å². The Morgan fingerprint density at radius 3 is 2.28 bits per heavy atom. The SMILES string of the molecule is O=C(CCNS(=O)(=O)c1ccccc1)Nc1ccccc1-c1nc(-c2ccccc2)n[nH]1. The lowest BCUT2D eigenvalue weighted by Gasteiger charge is -2.10. The second-order valence-corrected chi connectivity index (χ2v) is 8.70. The molecule has 4 aromatic rings. The molecule has 162 valence electrons. The largest absolute Gasteiger partial charge is 0.325 e. The molecule has 9 heteroatoms. The minimum atomic E-state index is -3.66. The van der Waals surface area contributed by atoms with Crippen LogP contribution in [0.15, 0.2) is 89.8 Å². The molecule has 3 N–H and O–H groups in total. The molecule has 1 heterocycles. The summed E-state index contributed by atoms with van der Waals surface area (Å²) < 4.78 is 27.0. The summed E-state index contributed by atoms with van der Waals surface area (Å²) in [6, 6.07) is 24.8. The highest BCUT2D eigenvalue weighted by Gasteiger charge is 2.15. The maximum Gasteiger partial charge on any atom is 0.240 e. The highest BCUT2D eigenvalue weighted by Crippen LogP contribution is 2.26. The molecule has 3 aromatic carbocycles. The van der Waals surface area contributed by atoms with E-state index in [0.29, 0.717) is 22.9 Å². The number of para-hydroxylation sites is 1. The Labute approximate surface area is 185 Å². The molecule has 1 amide bonds. The Morgan fingerprint density at radius 2 is 1.53 bits per heavy atom. The van der Waals surface area contributed by atoms with E-state index in [9.17, 15) is 13.2 Å². The number of carbonyl (C=O) groups excluding carboxylic acids is 1. The van der Waals surface area contributed by atoms with Crippen molar-refractivity contribution in [2.75, 3.05) is 11.9 Å². The maximum atomic E-state index is 12.5. The van der Waals surface area contributed by atoms with Gasteiger partial charge in [0.25, 0.3) is 0 Å². The standard InChI is InChI=1S/C23H21N5O3S/c29-21(15-16-24-32(30,31)18-11-5-2-6-12-18)25-20-14-8-7-13-19(20)23-26-22(27-28-23)17-9-3-1-4-10-17/h1-14,24H,15-16H2,(H,25,29)(H,26,27,28). The van der Waals surface area contributed by atoms with Crippen LogP contribution in [-0.2, 0) is 14.8 Å². The fraction of sp³-hybridized carbons (Fsp3) is 0.0870. The summed E-state index contributed by atoms with van der Waals surface area (Å²) in [4.78, 5) is 17.1. The third-order valence-corrected chi connectivity index (χ3v) is 6.15. The van der Waals surface area contributed by atoms with E-state index in [1.165, 1.54) is 12.1 Å². The zero-order valence-corrected chi connectivity index (χ0v) is 17.8. The molecule has 0 bridgehead atoms. The van der Waals surface area contributed by atoms with Gasteiger partial charge in [-0.3, -0.25) is 9.89 Å². The minimum Gasteiger partial charge on any atom is -0.325 e. The van der Waals surface area contributed by atoms with Crippen LogP contribution in [0, 0.1) is 0 Å². The second-order valence-electron chi connectivity index (χ2n) is 6.93. The maximum absolute atomic E-state index is 12.5. The average molecular weight is 448 g/mol. The molecular formula is C23H21N5O3S. The topological polar surface area (TPSA) is 117 Å². The molecule has 0 aliphatic heterocycles. The molecule has 0 aliphatic rings. The van der Waals surface area contributed by atoms with Gasteiger partial charge in [0.05, 0.1) is 10.6 Å². The fourth-order valence-corrected chi connectivity index (χ4v) is 4.14. The highest BCUT2D eigenvalue weighted by atomic mass is 32.2. The van der Waals surface area contributed by atoms with Crippen LogP contribution in [0.4, 0.5) is 5.69 Å². The normalized spacial score (nSPS) is 11.2. The monoisotopic (exact) mass is 447 g/mol. The fourth-order valence-electron chi connectivity index (χ4n) is 3.09. The van der Waals surface area contributed by atoms with Gasteiger partial charge in [0.2, 0.25) is 15.9 Å². The molecule has 0 aliphatic carbocycles. The van der Waals surface area contributed by atoms with Crippen LogP contribution in [0.2, 0.25) is 0 Å². The van der Waals surface area contributed by atoms with Crippen molar-refractivity contribution in [1.29, 1.82) is 0 Å². The average Bonchev–Trinajstić information content (AvgIpc) is 3.31. The van der Waals surface area contributed by atoms with Crippen LogP contribution < -0.4 is 10.0 Å². The molecule has 0 atom stereocenters. The first-order chi connectivity index (χ1) is 15.5. The van der Waals surface area contributed by atoms with Crippen LogP contribution in [0.5, 0.6) is 0 Å². The van der Waals surface area contributed by atoms with E-state index in [0.717, 1.165) is 5.56 Å². The van der Waals surface area contributed by atoms with Crippen molar-refractivity contribution >= 4 is 21.6 Å². The lowest BCUT2D eigenvalue weighted by molar-refractivity contribution is -0.116.